The molecule has 1 aliphatic carbocycles. The van der Waals surface area contributed by atoms with Crippen molar-refractivity contribution in [3.63, 3.8) is 0 Å². The summed E-state index contributed by atoms with van der Waals surface area (Å²) in [7, 11) is 0. The highest BCUT2D eigenvalue weighted by molar-refractivity contribution is 5.92. The zero-order valence-electron chi connectivity index (χ0n) is 8.78. The summed E-state index contributed by atoms with van der Waals surface area (Å²) in [4.78, 5) is 15.8. The Balaban J connectivity index is 1.91. The average molecular weight is 204 g/mol. The van der Waals surface area contributed by atoms with Gasteiger partial charge in [-0.15, -0.1) is 0 Å². The second-order valence-corrected chi connectivity index (χ2v) is 4.02. The summed E-state index contributed by atoms with van der Waals surface area (Å²) in [5, 5.41) is 3.03. The normalized spacial score (nSPS) is 17.3. The molecule has 0 atom stereocenters. The van der Waals surface area contributed by atoms with Gasteiger partial charge in [0.05, 0.1) is 0 Å². The summed E-state index contributed by atoms with van der Waals surface area (Å²) in [6.07, 6.45) is 7.63. The first-order valence-corrected chi connectivity index (χ1v) is 5.58. The Morgan fingerprint density at radius 3 is 2.73 bits per heavy atom. The third-order valence-corrected chi connectivity index (χ3v) is 2.84. The first-order chi connectivity index (χ1) is 7.36. The number of carbonyl (C=O) groups excluding carboxylic acids is 1. The summed E-state index contributed by atoms with van der Waals surface area (Å²) in [5.74, 6) is -0.0394. The van der Waals surface area contributed by atoms with Crippen LogP contribution in [0.15, 0.2) is 24.4 Å². The molecule has 0 aromatic carbocycles. The molecule has 1 heterocycles. The van der Waals surface area contributed by atoms with Gasteiger partial charge in [0.15, 0.2) is 0 Å². The Morgan fingerprint density at radius 1 is 1.27 bits per heavy atom. The van der Waals surface area contributed by atoms with Crippen molar-refractivity contribution >= 4 is 5.91 Å². The van der Waals surface area contributed by atoms with Crippen molar-refractivity contribution in [1.29, 1.82) is 0 Å². The van der Waals surface area contributed by atoms with Gasteiger partial charge in [-0.25, -0.2) is 0 Å². The zero-order chi connectivity index (χ0) is 10.5. The lowest BCUT2D eigenvalue weighted by Gasteiger charge is -2.22. The Morgan fingerprint density at radius 2 is 2.07 bits per heavy atom. The van der Waals surface area contributed by atoms with Gasteiger partial charge in [-0.2, -0.15) is 0 Å². The fraction of sp³-hybridized carbons (Fsp3) is 0.500. The highest BCUT2D eigenvalue weighted by atomic mass is 16.1. The topological polar surface area (TPSA) is 42.0 Å². The second-order valence-electron chi connectivity index (χ2n) is 4.02. The molecule has 1 fully saturated rings. The molecule has 80 valence electrons. The van der Waals surface area contributed by atoms with Crippen molar-refractivity contribution in [2.75, 3.05) is 0 Å². The number of amides is 1. The average Bonchev–Trinajstić information content (AvgIpc) is 2.31. The molecule has 1 amide bonds. The van der Waals surface area contributed by atoms with Gasteiger partial charge in [0, 0.05) is 12.2 Å². The summed E-state index contributed by atoms with van der Waals surface area (Å²) in [5.41, 5.74) is 0.517. The molecule has 0 unspecified atom stereocenters. The molecule has 0 spiro atoms. The number of nitrogens with one attached hydrogen (secondary N) is 1. The van der Waals surface area contributed by atoms with E-state index < -0.39 is 0 Å². The Labute approximate surface area is 89.9 Å². The lowest BCUT2D eigenvalue weighted by molar-refractivity contribution is 0.0922. The van der Waals surface area contributed by atoms with Crippen LogP contribution in [0, 0.1) is 0 Å². The largest absolute Gasteiger partial charge is 0.348 e. The lowest BCUT2D eigenvalue weighted by Crippen LogP contribution is -2.36. The maximum atomic E-state index is 11.7. The van der Waals surface area contributed by atoms with Crippen LogP contribution >= 0.6 is 0 Å². The van der Waals surface area contributed by atoms with E-state index in [-0.39, 0.29) is 5.91 Å². The van der Waals surface area contributed by atoms with Crippen LogP contribution in [0.2, 0.25) is 0 Å². The van der Waals surface area contributed by atoms with Crippen molar-refractivity contribution in [2.45, 2.75) is 38.1 Å². The predicted octanol–water partition coefficient (Wildman–Crippen LogP) is 2.14. The van der Waals surface area contributed by atoms with Crippen molar-refractivity contribution in [2.24, 2.45) is 0 Å². The smallest absolute Gasteiger partial charge is 0.270 e. The molecule has 0 aliphatic heterocycles. The number of rotatable bonds is 2. The van der Waals surface area contributed by atoms with E-state index in [9.17, 15) is 4.79 Å². The summed E-state index contributed by atoms with van der Waals surface area (Å²) < 4.78 is 0. The summed E-state index contributed by atoms with van der Waals surface area (Å²) >= 11 is 0. The fourth-order valence-corrected chi connectivity index (χ4v) is 2.00. The molecule has 15 heavy (non-hydrogen) atoms. The van der Waals surface area contributed by atoms with Gasteiger partial charge in [-0.05, 0) is 25.0 Å². The number of hydrogen-bond acceptors (Lipinski definition) is 2. The minimum Gasteiger partial charge on any atom is -0.348 e. The summed E-state index contributed by atoms with van der Waals surface area (Å²) in [6, 6.07) is 5.76. The number of carbonyl (C=O) groups is 1. The lowest BCUT2D eigenvalue weighted by atomic mass is 9.95. The van der Waals surface area contributed by atoms with E-state index in [4.69, 9.17) is 0 Å². The Hall–Kier alpha value is -1.38. The van der Waals surface area contributed by atoms with E-state index in [0.717, 1.165) is 12.8 Å². The number of pyridine rings is 1. The molecule has 1 aromatic heterocycles. The van der Waals surface area contributed by atoms with Crippen LogP contribution in [0.3, 0.4) is 0 Å². The van der Waals surface area contributed by atoms with Crippen LogP contribution in [0.5, 0.6) is 0 Å². The van der Waals surface area contributed by atoms with Crippen LogP contribution in [-0.4, -0.2) is 16.9 Å². The van der Waals surface area contributed by atoms with Crippen LogP contribution in [0.25, 0.3) is 0 Å². The third kappa shape index (κ3) is 2.78. The van der Waals surface area contributed by atoms with Gasteiger partial charge in [-0.1, -0.05) is 25.3 Å². The molecule has 0 saturated heterocycles. The van der Waals surface area contributed by atoms with Crippen molar-refractivity contribution in [1.82, 2.24) is 10.3 Å². The van der Waals surface area contributed by atoms with E-state index in [1.165, 1.54) is 19.3 Å². The third-order valence-electron chi connectivity index (χ3n) is 2.84. The number of hydrogen-bond donors (Lipinski definition) is 1. The Kier molecular flexibility index (Phi) is 3.33. The molecule has 1 N–H and O–H groups in total. The minimum absolute atomic E-state index is 0.0394. The number of aromatic nitrogens is 1. The van der Waals surface area contributed by atoms with Gasteiger partial charge in [0.25, 0.3) is 5.91 Å². The molecular weight excluding hydrogens is 188 g/mol. The van der Waals surface area contributed by atoms with Crippen molar-refractivity contribution in [3.05, 3.63) is 30.1 Å². The maximum Gasteiger partial charge on any atom is 0.270 e. The standard InChI is InChI=1S/C12H16N2O/c15-12(11-8-4-5-9-13-11)14-10-6-2-1-3-7-10/h4-5,8-10H,1-3,6-7H2,(H,14,15). The molecule has 0 bridgehead atoms. The predicted molar refractivity (Wildman–Crippen MR) is 58.6 cm³/mol. The molecule has 1 aromatic rings. The molecule has 2 rings (SSSR count). The first kappa shape index (κ1) is 10.1. The molecule has 1 saturated carbocycles. The second kappa shape index (κ2) is 4.91. The van der Waals surface area contributed by atoms with E-state index >= 15 is 0 Å². The SMILES string of the molecule is O=C(NC1CCCCC1)c1ccccn1. The van der Waals surface area contributed by atoms with Crippen LogP contribution in [-0.2, 0) is 0 Å². The van der Waals surface area contributed by atoms with Gasteiger partial charge in [-0.3, -0.25) is 9.78 Å². The monoisotopic (exact) mass is 204 g/mol. The van der Waals surface area contributed by atoms with E-state index in [2.05, 4.69) is 10.3 Å². The van der Waals surface area contributed by atoms with E-state index in [0.29, 0.717) is 11.7 Å². The minimum atomic E-state index is -0.0394. The van der Waals surface area contributed by atoms with Gasteiger partial charge >= 0.3 is 0 Å². The zero-order valence-corrected chi connectivity index (χ0v) is 8.78. The number of nitrogens with zero attached hydrogens (tertiary/aromatic N) is 1. The Bertz CT molecular complexity index is 318. The quantitative estimate of drug-likeness (QED) is 0.802. The maximum absolute atomic E-state index is 11.7. The highest BCUT2D eigenvalue weighted by Crippen LogP contribution is 2.17. The molecular formula is C12H16N2O. The molecule has 0 radical (unpaired) electrons. The molecule has 3 heteroatoms. The van der Waals surface area contributed by atoms with Gasteiger partial charge < -0.3 is 5.32 Å². The molecule has 1 aliphatic rings. The fourth-order valence-electron chi connectivity index (χ4n) is 2.00. The van der Waals surface area contributed by atoms with Crippen molar-refractivity contribution < 1.29 is 4.79 Å². The van der Waals surface area contributed by atoms with Gasteiger partial charge in [0.1, 0.15) is 5.69 Å². The molecule has 3 nitrogen and oxygen atoms in total. The van der Waals surface area contributed by atoms with Crippen LogP contribution < -0.4 is 5.32 Å². The van der Waals surface area contributed by atoms with E-state index in [1.54, 1.807) is 12.3 Å². The highest BCUT2D eigenvalue weighted by Gasteiger charge is 2.16. The van der Waals surface area contributed by atoms with Crippen LogP contribution in [0.4, 0.5) is 0 Å². The van der Waals surface area contributed by atoms with Crippen LogP contribution in [0.1, 0.15) is 42.6 Å². The van der Waals surface area contributed by atoms with Crippen molar-refractivity contribution in [3.8, 4) is 0 Å². The first-order valence-electron chi connectivity index (χ1n) is 5.58. The van der Waals surface area contributed by atoms with E-state index in [1.807, 2.05) is 12.1 Å². The summed E-state index contributed by atoms with van der Waals surface area (Å²) in [6.45, 7) is 0. The van der Waals surface area contributed by atoms with Gasteiger partial charge in [0.2, 0.25) is 0 Å².